The monoisotopic (exact) mass is 256 g/mol. The van der Waals surface area contributed by atoms with Gasteiger partial charge >= 0.3 is 0 Å². The highest BCUT2D eigenvalue weighted by Crippen LogP contribution is 2.22. The Balaban J connectivity index is 2.43. The van der Waals surface area contributed by atoms with E-state index >= 15 is 0 Å². The largest absolute Gasteiger partial charge is 0.391 e. The summed E-state index contributed by atoms with van der Waals surface area (Å²) in [6.07, 6.45) is 8.40. The van der Waals surface area contributed by atoms with E-state index in [0.29, 0.717) is 6.04 Å². The van der Waals surface area contributed by atoms with Crippen LogP contribution in [-0.4, -0.2) is 60.8 Å². The third-order valence-corrected chi connectivity index (χ3v) is 4.12. The molecule has 1 N–H and O–H groups in total. The summed E-state index contributed by atoms with van der Waals surface area (Å²) in [7, 11) is 4.25. The Morgan fingerprint density at radius 2 is 1.67 bits per heavy atom. The fourth-order valence-electron chi connectivity index (χ4n) is 3.02. The molecule has 0 radical (unpaired) electrons. The second-order valence-corrected chi connectivity index (χ2v) is 5.91. The molecule has 0 saturated heterocycles. The molecular formula is C15H32N2O. The molecule has 1 rings (SSSR count). The van der Waals surface area contributed by atoms with Crippen molar-refractivity contribution in [1.29, 1.82) is 0 Å². The number of aliphatic hydroxyl groups excluding tert-OH is 1. The van der Waals surface area contributed by atoms with Gasteiger partial charge < -0.3 is 10.0 Å². The van der Waals surface area contributed by atoms with Gasteiger partial charge in [0.1, 0.15) is 0 Å². The van der Waals surface area contributed by atoms with Crippen molar-refractivity contribution in [2.45, 2.75) is 64.0 Å². The lowest BCUT2D eigenvalue weighted by Gasteiger charge is -2.35. The molecule has 2 atom stereocenters. The number of hydrogen-bond donors (Lipinski definition) is 1. The molecule has 3 nitrogen and oxygen atoms in total. The maximum atomic E-state index is 10.3. The second kappa shape index (κ2) is 8.89. The van der Waals surface area contributed by atoms with Crippen LogP contribution in [0.3, 0.4) is 0 Å². The molecule has 0 aromatic carbocycles. The first kappa shape index (κ1) is 15.9. The SMILES string of the molecule is CCN(CCCN(C)C)C1CCCCCCC1O. The van der Waals surface area contributed by atoms with E-state index in [9.17, 15) is 5.11 Å². The molecule has 2 unspecified atom stereocenters. The third kappa shape index (κ3) is 5.68. The molecule has 1 fully saturated rings. The van der Waals surface area contributed by atoms with Crippen LogP contribution in [0.4, 0.5) is 0 Å². The highest BCUT2D eigenvalue weighted by atomic mass is 16.3. The molecule has 1 aliphatic carbocycles. The molecule has 18 heavy (non-hydrogen) atoms. The first-order valence-corrected chi connectivity index (χ1v) is 7.72. The van der Waals surface area contributed by atoms with E-state index in [0.717, 1.165) is 26.1 Å². The topological polar surface area (TPSA) is 26.7 Å². The van der Waals surface area contributed by atoms with Crippen molar-refractivity contribution in [1.82, 2.24) is 9.80 Å². The van der Waals surface area contributed by atoms with Gasteiger partial charge in [-0.3, -0.25) is 4.90 Å². The average Bonchev–Trinajstić information content (AvgIpc) is 2.31. The fraction of sp³-hybridized carbons (Fsp3) is 1.00. The smallest absolute Gasteiger partial charge is 0.0695 e. The van der Waals surface area contributed by atoms with Gasteiger partial charge in [0.25, 0.3) is 0 Å². The minimum absolute atomic E-state index is 0.107. The van der Waals surface area contributed by atoms with E-state index in [1.54, 1.807) is 0 Å². The van der Waals surface area contributed by atoms with E-state index in [4.69, 9.17) is 0 Å². The number of nitrogens with zero attached hydrogens (tertiary/aromatic N) is 2. The molecule has 0 aromatic heterocycles. The molecule has 0 bridgehead atoms. The van der Waals surface area contributed by atoms with Crippen molar-refractivity contribution >= 4 is 0 Å². The quantitative estimate of drug-likeness (QED) is 0.790. The van der Waals surface area contributed by atoms with Gasteiger partial charge in [0.2, 0.25) is 0 Å². The maximum absolute atomic E-state index is 10.3. The molecule has 1 saturated carbocycles. The van der Waals surface area contributed by atoms with E-state index in [1.807, 2.05) is 0 Å². The molecular weight excluding hydrogens is 224 g/mol. The van der Waals surface area contributed by atoms with E-state index in [2.05, 4.69) is 30.8 Å². The third-order valence-electron chi connectivity index (χ3n) is 4.12. The van der Waals surface area contributed by atoms with Crippen LogP contribution in [0, 0.1) is 0 Å². The number of hydrogen-bond acceptors (Lipinski definition) is 3. The molecule has 108 valence electrons. The number of rotatable bonds is 6. The van der Waals surface area contributed by atoms with E-state index < -0.39 is 0 Å². The van der Waals surface area contributed by atoms with Crippen LogP contribution in [0.2, 0.25) is 0 Å². The van der Waals surface area contributed by atoms with Crippen LogP contribution in [0.15, 0.2) is 0 Å². The molecule has 0 aromatic rings. The Hall–Kier alpha value is -0.120. The fourth-order valence-corrected chi connectivity index (χ4v) is 3.02. The van der Waals surface area contributed by atoms with Gasteiger partial charge in [0.15, 0.2) is 0 Å². The summed E-state index contributed by atoms with van der Waals surface area (Å²) in [5.41, 5.74) is 0. The molecule has 3 heteroatoms. The van der Waals surface area contributed by atoms with Crippen LogP contribution >= 0.6 is 0 Å². The predicted molar refractivity (Wildman–Crippen MR) is 77.9 cm³/mol. The average molecular weight is 256 g/mol. The van der Waals surface area contributed by atoms with Gasteiger partial charge in [-0.1, -0.05) is 32.6 Å². The van der Waals surface area contributed by atoms with Gasteiger partial charge in [-0.2, -0.15) is 0 Å². The minimum atomic E-state index is -0.107. The summed E-state index contributed by atoms with van der Waals surface area (Å²) in [6.45, 7) is 5.55. The van der Waals surface area contributed by atoms with Crippen molar-refractivity contribution in [2.24, 2.45) is 0 Å². The zero-order valence-electron chi connectivity index (χ0n) is 12.6. The predicted octanol–water partition coefficient (Wildman–Crippen LogP) is 2.34. The van der Waals surface area contributed by atoms with Crippen LogP contribution < -0.4 is 0 Å². The van der Waals surface area contributed by atoms with E-state index in [1.165, 1.54) is 38.5 Å². The maximum Gasteiger partial charge on any atom is 0.0695 e. The lowest BCUT2D eigenvalue weighted by atomic mass is 9.93. The highest BCUT2D eigenvalue weighted by Gasteiger charge is 2.25. The number of aliphatic hydroxyl groups is 1. The summed E-state index contributed by atoms with van der Waals surface area (Å²) in [5.74, 6) is 0. The Labute approximate surface area is 113 Å². The van der Waals surface area contributed by atoms with Crippen LogP contribution in [-0.2, 0) is 0 Å². The lowest BCUT2D eigenvalue weighted by Crippen LogP contribution is -2.45. The van der Waals surface area contributed by atoms with Gasteiger partial charge in [0.05, 0.1) is 6.10 Å². The zero-order chi connectivity index (χ0) is 13.4. The van der Waals surface area contributed by atoms with Gasteiger partial charge in [-0.05, 0) is 53.0 Å². The van der Waals surface area contributed by atoms with Crippen LogP contribution in [0.1, 0.15) is 51.9 Å². The summed E-state index contributed by atoms with van der Waals surface area (Å²) in [6, 6.07) is 0.400. The molecule has 0 amide bonds. The molecule has 0 aliphatic heterocycles. The Morgan fingerprint density at radius 1 is 1.00 bits per heavy atom. The minimum Gasteiger partial charge on any atom is -0.391 e. The second-order valence-electron chi connectivity index (χ2n) is 5.91. The summed E-state index contributed by atoms with van der Waals surface area (Å²) in [4.78, 5) is 4.74. The first-order chi connectivity index (χ1) is 8.65. The van der Waals surface area contributed by atoms with Crippen molar-refractivity contribution in [3.05, 3.63) is 0 Å². The van der Waals surface area contributed by atoms with E-state index in [-0.39, 0.29) is 6.10 Å². The summed E-state index contributed by atoms with van der Waals surface area (Å²) >= 11 is 0. The Kier molecular flexibility index (Phi) is 7.87. The van der Waals surface area contributed by atoms with Crippen molar-refractivity contribution in [3.63, 3.8) is 0 Å². The Bertz CT molecular complexity index is 209. The molecule has 0 heterocycles. The zero-order valence-corrected chi connectivity index (χ0v) is 12.6. The summed E-state index contributed by atoms with van der Waals surface area (Å²) in [5, 5.41) is 10.3. The lowest BCUT2D eigenvalue weighted by molar-refractivity contribution is 0.0323. The van der Waals surface area contributed by atoms with Crippen LogP contribution in [0.25, 0.3) is 0 Å². The molecule has 1 aliphatic rings. The van der Waals surface area contributed by atoms with Gasteiger partial charge in [-0.25, -0.2) is 0 Å². The number of likely N-dealkylation sites (N-methyl/N-ethyl adjacent to an activating group) is 1. The van der Waals surface area contributed by atoms with Gasteiger partial charge in [-0.15, -0.1) is 0 Å². The van der Waals surface area contributed by atoms with Crippen molar-refractivity contribution < 1.29 is 5.11 Å². The Morgan fingerprint density at radius 3 is 2.28 bits per heavy atom. The highest BCUT2D eigenvalue weighted by molar-refractivity contribution is 4.80. The standard InChI is InChI=1S/C15H32N2O/c1-4-17(13-9-12-16(2)3)14-10-7-5-6-8-11-15(14)18/h14-15,18H,4-13H2,1-3H3. The molecule has 0 spiro atoms. The van der Waals surface area contributed by atoms with Crippen molar-refractivity contribution in [3.8, 4) is 0 Å². The normalized spacial score (nSPS) is 26.3. The van der Waals surface area contributed by atoms with Gasteiger partial charge in [0, 0.05) is 6.04 Å². The van der Waals surface area contributed by atoms with Crippen LogP contribution in [0.5, 0.6) is 0 Å². The first-order valence-electron chi connectivity index (χ1n) is 7.72. The van der Waals surface area contributed by atoms with Crippen molar-refractivity contribution in [2.75, 3.05) is 33.7 Å². The summed E-state index contributed by atoms with van der Waals surface area (Å²) < 4.78 is 0.